The average molecular weight is 368 g/mol. The summed E-state index contributed by atoms with van der Waals surface area (Å²) in [5, 5.41) is 38.6. The van der Waals surface area contributed by atoms with Crippen molar-refractivity contribution in [1.29, 1.82) is 0 Å². The standard InChI is InChI=1S/C20H32O6/c1-2-3-6-9-15(21)12-13-18-16(17(22)14-20(25)26-18)10-7-4-5-8-11-19(23)24/h3-4,6-7,12-13,15-18,20-22,25H,2,5,8-11,14H2,1H3,(H,23,24)/b6-3-,7-4-,13-12+/t15-,16+,17+,18+,20+/m0/s1. The van der Waals surface area contributed by atoms with Crippen molar-refractivity contribution >= 4 is 5.97 Å². The van der Waals surface area contributed by atoms with E-state index in [-0.39, 0.29) is 18.8 Å². The van der Waals surface area contributed by atoms with Crippen LogP contribution in [-0.2, 0) is 9.53 Å². The summed E-state index contributed by atoms with van der Waals surface area (Å²) >= 11 is 0. The number of hydrogen-bond acceptors (Lipinski definition) is 5. The second kappa shape index (κ2) is 12.8. The topological polar surface area (TPSA) is 107 Å². The molecule has 1 rings (SSSR count). The van der Waals surface area contributed by atoms with Crippen LogP contribution < -0.4 is 0 Å². The number of aliphatic carboxylic acids is 1. The monoisotopic (exact) mass is 368 g/mol. The van der Waals surface area contributed by atoms with Crippen molar-refractivity contribution in [3.63, 3.8) is 0 Å². The van der Waals surface area contributed by atoms with E-state index >= 15 is 0 Å². The van der Waals surface area contributed by atoms with Crippen LogP contribution in [0.2, 0.25) is 0 Å². The molecule has 0 unspecified atom stereocenters. The first-order valence-corrected chi connectivity index (χ1v) is 9.33. The second-order valence-electron chi connectivity index (χ2n) is 6.58. The molecule has 0 radical (unpaired) electrons. The Morgan fingerprint density at radius 3 is 2.69 bits per heavy atom. The van der Waals surface area contributed by atoms with Crippen LogP contribution in [0.15, 0.2) is 36.5 Å². The summed E-state index contributed by atoms with van der Waals surface area (Å²) in [6.45, 7) is 2.02. The smallest absolute Gasteiger partial charge is 0.303 e. The van der Waals surface area contributed by atoms with Crippen LogP contribution in [0.3, 0.4) is 0 Å². The highest BCUT2D eigenvalue weighted by Gasteiger charge is 2.35. The maximum Gasteiger partial charge on any atom is 0.303 e. The highest BCUT2D eigenvalue weighted by Crippen LogP contribution is 2.29. The fourth-order valence-corrected chi connectivity index (χ4v) is 2.88. The van der Waals surface area contributed by atoms with Gasteiger partial charge < -0.3 is 25.2 Å². The van der Waals surface area contributed by atoms with E-state index in [1.165, 1.54) is 0 Å². The van der Waals surface area contributed by atoms with Gasteiger partial charge in [-0.3, -0.25) is 4.79 Å². The lowest BCUT2D eigenvalue weighted by atomic mass is 9.87. The minimum absolute atomic E-state index is 0.140. The molecule has 26 heavy (non-hydrogen) atoms. The van der Waals surface area contributed by atoms with Gasteiger partial charge in [0.05, 0.1) is 18.3 Å². The van der Waals surface area contributed by atoms with Gasteiger partial charge in [-0.25, -0.2) is 0 Å². The molecule has 0 amide bonds. The van der Waals surface area contributed by atoms with Gasteiger partial charge in [-0.15, -0.1) is 0 Å². The number of rotatable bonds is 11. The first-order valence-electron chi connectivity index (χ1n) is 9.33. The number of aliphatic hydroxyl groups excluding tert-OH is 3. The largest absolute Gasteiger partial charge is 0.481 e. The zero-order valence-corrected chi connectivity index (χ0v) is 15.4. The Morgan fingerprint density at radius 2 is 2.00 bits per heavy atom. The van der Waals surface area contributed by atoms with Crippen molar-refractivity contribution < 1.29 is 30.0 Å². The van der Waals surface area contributed by atoms with Crippen molar-refractivity contribution in [2.75, 3.05) is 0 Å². The SMILES string of the molecule is CC/C=C\C[C@H](O)/C=C/[C@H]1O[C@@H](O)C[C@@H](O)[C@H]1C/C=C\CCCC(=O)O. The molecule has 1 aliphatic rings. The van der Waals surface area contributed by atoms with Crippen LogP contribution in [0, 0.1) is 5.92 Å². The number of hydrogen-bond donors (Lipinski definition) is 4. The average Bonchev–Trinajstić information content (AvgIpc) is 2.57. The molecule has 6 heteroatoms. The third-order valence-corrected chi connectivity index (χ3v) is 4.31. The van der Waals surface area contributed by atoms with Crippen LogP contribution >= 0.6 is 0 Å². The quantitative estimate of drug-likeness (QED) is 0.330. The zero-order valence-electron chi connectivity index (χ0n) is 15.4. The van der Waals surface area contributed by atoms with E-state index in [1.807, 2.05) is 31.2 Å². The highest BCUT2D eigenvalue weighted by atomic mass is 16.6. The van der Waals surface area contributed by atoms with Crippen molar-refractivity contribution in [1.82, 2.24) is 0 Å². The highest BCUT2D eigenvalue weighted by molar-refractivity contribution is 5.66. The summed E-state index contributed by atoms with van der Waals surface area (Å²) in [6, 6.07) is 0. The molecular formula is C20H32O6. The third kappa shape index (κ3) is 9.29. The molecule has 148 valence electrons. The van der Waals surface area contributed by atoms with E-state index in [0.717, 1.165) is 6.42 Å². The first kappa shape index (κ1) is 22.6. The lowest BCUT2D eigenvalue weighted by Crippen LogP contribution is -2.43. The molecule has 4 N–H and O–H groups in total. The number of carboxylic acid groups (broad SMARTS) is 1. The lowest BCUT2D eigenvalue weighted by molar-refractivity contribution is -0.199. The number of carboxylic acids is 1. The fraction of sp³-hybridized carbons (Fsp3) is 0.650. The molecule has 1 saturated heterocycles. The number of unbranched alkanes of at least 4 members (excludes halogenated alkanes) is 1. The zero-order chi connectivity index (χ0) is 19.4. The first-order chi connectivity index (χ1) is 12.4. The molecule has 5 atom stereocenters. The Hall–Kier alpha value is -1.47. The van der Waals surface area contributed by atoms with Crippen LogP contribution in [0.4, 0.5) is 0 Å². The van der Waals surface area contributed by atoms with Crippen molar-refractivity contribution in [2.45, 2.75) is 76.5 Å². The second-order valence-corrected chi connectivity index (χ2v) is 6.58. The normalized spacial score (nSPS) is 28.3. The maximum absolute atomic E-state index is 10.5. The van der Waals surface area contributed by atoms with E-state index in [2.05, 4.69) is 0 Å². The summed E-state index contributed by atoms with van der Waals surface area (Å²) in [5.74, 6) is -1.02. The van der Waals surface area contributed by atoms with Gasteiger partial charge in [0, 0.05) is 18.8 Å². The van der Waals surface area contributed by atoms with Gasteiger partial charge in [-0.1, -0.05) is 43.4 Å². The summed E-state index contributed by atoms with van der Waals surface area (Å²) in [4.78, 5) is 10.5. The van der Waals surface area contributed by atoms with E-state index in [4.69, 9.17) is 9.84 Å². The van der Waals surface area contributed by atoms with Crippen molar-refractivity contribution in [3.8, 4) is 0 Å². The van der Waals surface area contributed by atoms with Gasteiger partial charge in [-0.05, 0) is 32.1 Å². The van der Waals surface area contributed by atoms with Gasteiger partial charge in [0.25, 0.3) is 0 Å². The molecule has 0 bridgehead atoms. The predicted octanol–water partition coefficient (Wildman–Crippen LogP) is 2.55. The molecule has 0 saturated carbocycles. The Morgan fingerprint density at radius 1 is 1.23 bits per heavy atom. The summed E-state index contributed by atoms with van der Waals surface area (Å²) in [6.07, 6.45) is 11.8. The minimum atomic E-state index is -1.02. The van der Waals surface area contributed by atoms with Gasteiger partial charge >= 0.3 is 5.97 Å². The van der Waals surface area contributed by atoms with Gasteiger partial charge in [0.2, 0.25) is 0 Å². The molecule has 1 heterocycles. The molecular weight excluding hydrogens is 336 g/mol. The number of ether oxygens (including phenoxy) is 1. The molecule has 0 spiro atoms. The molecule has 0 aliphatic carbocycles. The molecule has 0 aromatic heterocycles. The van der Waals surface area contributed by atoms with Crippen molar-refractivity contribution in [2.24, 2.45) is 5.92 Å². The summed E-state index contributed by atoms with van der Waals surface area (Å²) < 4.78 is 5.52. The van der Waals surface area contributed by atoms with Crippen LogP contribution in [-0.4, -0.2) is 51.0 Å². The number of carbonyl (C=O) groups is 1. The van der Waals surface area contributed by atoms with E-state index < -0.39 is 30.6 Å². The van der Waals surface area contributed by atoms with Crippen molar-refractivity contribution in [3.05, 3.63) is 36.5 Å². The van der Waals surface area contributed by atoms with Crippen LogP contribution in [0.1, 0.15) is 51.9 Å². The Kier molecular flexibility index (Phi) is 11.1. The van der Waals surface area contributed by atoms with Crippen LogP contribution in [0.5, 0.6) is 0 Å². The summed E-state index contributed by atoms with van der Waals surface area (Å²) in [7, 11) is 0. The Bertz CT molecular complexity index is 485. The van der Waals surface area contributed by atoms with Gasteiger partial charge in [0.1, 0.15) is 0 Å². The summed E-state index contributed by atoms with van der Waals surface area (Å²) in [5.41, 5.74) is 0. The van der Waals surface area contributed by atoms with E-state index in [1.54, 1.807) is 12.2 Å². The Labute approximate surface area is 155 Å². The number of allylic oxidation sites excluding steroid dienone is 3. The number of aliphatic hydroxyl groups is 3. The van der Waals surface area contributed by atoms with Gasteiger partial charge in [-0.2, -0.15) is 0 Å². The van der Waals surface area contributed by atoms with E-state index in [9.17, 15) is 20.1 Å². The third-order valence-electron chi connectivity index (χ3n) is 4.31. The predicted molar refractivity (Wildman–Crippen MR) is 99.4 cm³/mol. The minimum Gasteiger partial charge on any atom is -0.481 e. The van der Waals surface area contributed by atoms with E-state index in [0.29, 0.717) is 25.7 Å². The van der Waals surface area contributed by atoms with Crippen LogP contribution in [0.25, 0.3) is 0 Å². The fourth-order valence-electron chi connectivity index (χ4n) is 2.88. The van der Waals surface area contributed by atoms with Gasteiger partial charge in [0.15, 0.2) is 6.29 Å². The maximum atomic E-state index is 10.5. The Balaban J connectivity index is 2.56. The lowest BCUT2D eigenvalue weighted by Gasteiger charge is -2.36. The molecule has 1 aliphatic heterocycles. The molecule has 0 aromatic rings. The molecule has 1 fully saturated rings. The molecule has 6 nitrogen and oxygen atoms in total. The molecule has 0 aromatic carbocycles.